The molecule has 0 fully saturated rings. The monoisotopic (exact) mass is 420 g/mol. The fraction of sp³-hybridized carbons (Fsp3) is 0.250. The second kappa shape index (κ2) is 9.58. The molecule has 0 saturated heterocycles. The molecule has 0 aliphatic heterocycles. The van der Waals surface area contributed by atoms with Gasteiger partial charge in [-0.3, -0.25) is 9.69 Å². The van der Waals surface area contributed by atoms with Gasteiger partial charge >= 0.3 is 0 Å². The highest BCUT2D eigenvalue weighted by Gasteiger charge is 2.17. The molecule has 6 nitrogen and oxygen atoms in total. The van der Waals surface area contributed by atoms with Crippen LogP contribution in [0.2, 0.25) is 5.02 Å². The summed E-state index contributed by atoms with van der Waals surface area (Å²) in [4.78, 5) is 14.1. The summed E-state index contributed by atoms with van der Waals surface area (Å²) in [5.41, 5.74) is 0.815. The number of aromatic nitrogens is 2. The van der Waals surface area contributed by atoms with E-state index in [2.05, 4.69) is 15.5 Å². The number of amides is 1. The number of carbonyl (C=O) groups excluding carboxylic acids is 1. The number of nitrogens with one attached hydrogen (secondary N) is 1. The first-order valence-electron chi connectivity index (χ1n) is 9.00. The Bertz CT molecular complexity index is 996. The molecule has 0 saturated carbocycles. The molecular weight excluding hydrogens is 402 g/mol. The Morgan fingerprint density at radius 3 is 2.69 bits per heavy atom. The average molecular weight is 421 g/mol. The van der Waals surface area contributed by atoms with Crippen LogP contribution < -0.4 is 5.32 Å². The topological polar surface area (TPSA) is 71.3 Å². The predicted octanol–water partition coefficient (Wildman–Crippen LogP) is 4.52. The molecule has 152 valence electrons. The number of nitrogens with zero attached hydrogens (tertiary/aromatic N) is 3. The van der Waals surface area contributed by atoms with Crippen molar-refractivity contribution in [3.05, 3.63) is 65.0 Å². The SMILES string of the molecule is CCCN(CC(=O)Nc1ccc(F)c(F)c1)Cc1nnc(-c2ccccc2Cl)o1. The van der Waals surface area contributed by atoms with E-state index in [1.165, 1.54) is 6.07 Å². The van der Waals surface area contributed by atoms with Crippen LogP contribution in [0.15, 0.2) is 46.9 Å². The first-order chi connectivity index (χ1) is 14.0. The van der Waals surface area contributed by atoms with E-state index in [9.17, 15) is 13.6 Å². The summed E-state index contributed by atoms with van der Waals surface area (Å²) in [6.45, 7) is 2.87. The van der Waals surface area contributed by atoms with Gasteiger partial charge in [0.05, 0.1) is 23.7 Å². The number of hydrogen-bond donors (Lipinski definition) is 1. The van der Waals surface area contributed by atoms with Gasteiger partial charge in [-0.1, -0.05) is 30.7 Å². The summed E-state index contributed by atoms with van der Waals surface area (Å²) in [5.74, 6) is -1.72. The Labute approximate surface area is 171 Å². The summed E-state index contributed by atoms with van der Waals surface area (Å²) in [7, 11) is 0. The van der Waals surface area contributed by atoms with Gasteiger partial charge in [-0.2, -0.15) is 0 Å². The van der Waals surface area contributed by atoms with Gasteiger partial charge in [0.25, 0.3) is 0 Å². The third kappa shape index (κ3) is 5.58. The molecule has 0 radical (unpaired) electrons. The molecular formula is C20H19ClF2N4O2. The number of hydrogen-bond acceptors (Lipinski definition) is 5. The molecule has 1 amide bonds. The Morgan fingerprint density at radius 1 is 1.17 bits per heavy atom. The number of halogens is 3. The van der Waals surface area contributed by atoms with Gasteiger partial charge < -0.3 is 9.73 Å². The van der Waals surface area contributed by atoms with Crippen molar-refractivity contribution in [2.24, 2.45) is 0 Å². The second-order valence-electron chi connectivity index (χ2n) is 6.37. The number of benzene rings is 2. The van der Waals surface area contributed by atoms with Crippen LogP contribution in [0.3, 0.4) is 0 Å². The molecule has 1 N–H and O–H groups in total. The Hall–Kier alpha value is -2.84. The lowest BCUT2D eigenvalue weighted by Crippen LogP contribution is -2.33. The summed E-state index contributed by atoms with van der Waals surface area (Å²) >= 11 is 6.15. The van der Waals surface area contributed by atoms with E-state index < -0.39 is 11.6 Å². The minimum atomic E-state index is -1.02. The van der Waals surface area contributed by atoms with Gasteiger partial charge in [0.1, 0.15) is 0 Å². The molecule has 3 rings (SSSR count). The van der Waals surface area contributed by atoms with Crippen molar-refractivity contribution in [3.8, 4) is 11.5 Å². The molecule has 0 unspecified atom stereocenters. The Kier molecular flexibility index (Phi) is 6.90. The molecule has 2 aromatic carbocycles. The predicted molar refractivity (Wildman–Crippen MR) is 105 cm³/mol. The lowest BCUT2D eigenvalue weighted by atomic mass is 10.2. The summed E-state index contributed by atoms with van der Waals surface area (Å²) in [5, 5.41) is 11.1. The van der Waals surface area contributed by atoms with Gasteiger partial charge in [-0.15, -0.1) is 10.2 Å². The van der Waals surface area contributed by atoms with Crippen molar-refractivity contribution >= 4 is 23.2 Å². The van der Waals surface area contributed by atoms with Crippen molar-refractivity contribution in [1.29, 1.82) is 0 Å². The van der Waals surface area contributed by atoms with E-state index >= 15 is 0 Å². The zero-order valence-electron chi connectivity index (χ0n) is 15.7. The first kappa shape index (κ1) is 20.9. The first-order valence-corrected chi connectivity index (χ1v) is 9.38. The van der Waals surface area contributed by atoms with Crippen molar-refractivity contribution < 1.29 is 18.0 Å². The average Bonchev–Trinajstić information content (AvgIpc) is 3.13. The second-order valence-corrected chi connectivity index (χ2v) is 6.78. The van der Waals surface area contributed by atoms with E-state index in [0.717, 1.165) is 18.6 Å². The molecule has 0 aliphatic carbocycles. The highest BCUT2D eigenvalue weighted by Crippen LogP contribution is 2.26. The maximum absolute atomic E-state index is 13.3. The van der Waals surface area contributed by atoms with Crippen molar-refractivity contribution in [2.45, 2.75) is 19.9 Å². The van der Waals surface area contributed by atoms with Crippen LogP contribution in [-0.2, 0) is 11.3 Å². The Balaban J connectivity index is 1.65. The van der Waals surface area contributed by atoms with Crippen molar-refractivity contribution in [2.75, 3.05) is 18.4 Å². The lowest BCUT2D eigenvalue weighted by molar-refractivity contribution is -0.117. The normalized spacial score (nSPS) is 11.1. The molecule has 9 heteroatoms. The van der Waals surface area contributed by atoms with Crippen LogP contribution in [0.25, 0.3) is 11.5 Å². The summed E-state index contributed by atoms with van der Waals surface area (Å²) in [6.07, 6.45) is 0.796. The lowest BCUT2D eigenvalue weighted by Gasteiger charge is -2.19. The Morgan fingerprint density at radius 2 is 1.97 bits per heavy atom. The molecule has 29 heavy (non-hydrogen) atoms. The van der Waals surface area contributed by atoms with Gasteiger partial charge in [-0.05, 0) is 37.2 Å². The minimum Gasteiger partial charge on any atom is -0.419 e. The van der Waals surface area contributed by atoms with Gasteiger partial charge in [0, 0.05) is 11.8 Å². The fourth-order valence-corrected chi connectivity index (χ4v) is 2.98. The van der Waals surface area contributed by atoms with E-state index in [4.69, 9.17) is 16.0 Å². The quantitative estimate of drug-likeness (QED) is 0.580. The van der Waals surface area contributed by atoms with Gasteiger partial charge in [-0.25, -0.2) is 8.78 Å². The van der Waals surface area contributed by atoms with Crippen LogP contribution in [0.4, 0.5) is 14.5 Å². The molecule has 0 bridgehead atoms. The molecule has 1 heterocycles. The largest absolute Gasteiger partial charge is 0.419 e. The molecule has 1 aromatic heterocycles. The number of rotatable bonds is 8. The van der Waals surface area contributed by atoms with Crippen LogP contribution in [0, 0.1) is 11.6 Å². The zero-order valence-corrected chi connectivity index (χ0v) is 16.4. The van der Waals surface area contributed by atoms with Crippen LogP contribution in [-0.4, -0.2) is 34.1 Å². The third-order valence-electron chi connectivity index (χ3n) is 4.04. The van der Waals surface area contributed by atoms with Crippen LogP contribution >= 0.6 is 11.6 Å². The van der Waals surface area contributed by atoms with E-state index in [1.807, 2.05) is 17.9 Å². The number of anilines is 1. The summed E-state index contributed by atoms with van der Waals surface area (Å²) < 4.78 is 32.0. The van der Waals surface area contributed by atoms with Gasteiger partial charge in [0.2, 0.25) is 17.7 Å². The molecule has 3 aromatic rings. The van der Waals surface area contributed by atoms with E-state index in [1.54, 1.807) is 18.2 Å². The standard InChI is InChI=1S/C20H19ClF2N4O2/c1-2-9-27(11-18(28)24-13-7-8-16(22)17(23)10-13)12-19-25-26-20(29-19)14-5-3-4-6-15(14)21/h3-8,10H,2,9,11-12H2,1H3,(H,24,28). The molecule has 0 spiro atoms. The highest BCUT2D eigenvalue weighted by atomic mass is 35.5. The smallest absolute Gasteiger partial charge is 0.249 e. The number of carbonyl (C=O) groups is 1. The highest BCUT2D eigenvalue weighted by molar-refractivity contribution is 6.33. The molecule has 0 atom stereocenters. The van der Waals surface area contributed by atoms with E-state index in [0.29, 0.717) is 28.9 Å². The molecule has 0 aliphatic rings. The maximum Gasteiger partial charge on any atom is 0.249 e. The summed E-state index contributed by atoms with van der Waals surface area (Å²) in [6, 6.07) is 10.3. The fourth-order valence-electron chi connectivity index (χ4n) is 2.76. The van der Waals surface area contributed by atoms with Crippen molar-refractivity contribution in [3.63, 3.8) is 0 Å². The van der Waals surface area contributed by atoms with E-state index in [-0.39, 0.29) is 24.7 Å². The maximum atomic E-state index is 13.3. The third-order valence-corrected chi connectivity index (χ3v) is 4.37. The zero-order chi connectivity index (χ0) is 20.8. The van der Waals surface area contributed by atoms with Crippen LogP contribution in [0.1, 0.15) is 19.2 Å². The minimum absolute atomic E-state index is 0.0244. The van der Waals surface area contributed by atoms with Crippen LogP contribution in [0.5, 0.6) is 0 Å². The van der Waals surface area contributed by atoms with Gasteiger partial charge in [0.15, 0.2) is 11.6 Å². The van der Waals surface area contributed by atoms with Crippen molar-refractivity contribution in [1.82, 2.24) is 15.1 Å².